The number of carbonyl (C=O) groups is 1. The molecule has 142 valence electrons. The summed E-state index contributed by atoms with van der Waals surface area (Å²) in [7, 11) is 3.88. The zero-order valence-electron chi connectivity index (χ0n) is 15.3. The highest BCUT2D eigenvalue weighted by atomic mass is 35.5. The molecule has 0 unspecified atom stereocenters. The van der Waals surface area contributed by atoms with Gasteiger partial charge in [0.15, 0.2) is 5.58 Å². The average molecular weight is 388 g/mol. The van der Waals surface area contributed by atoms with Crippen molar-refractivity contribution in [3.63, 3.8) is 0 Å². The normalized spacial score (nSPS) is 12.4. The van der Waals surface area contributed by atoms with E-state index in [1.54, 1.807) is 18.2 Å². The largest absolute Gasteiger partial charge is 0.419 e. The molecule has 1 N–H and O–H groups in total. The zero-order chi connectivity index (χ0) is 19.4. The second-order valence-corrected chi connectivity index (χ2v) is 6.95. The van der Waals surface area contributed by atoms with Gasteiger partial charge in [-0.05, 0) is 37.9 Å². The van der Waals surface area contributed by atoms with E-state index in [2.05, 4.69) is 5.32 Å². The summed E-state index contributed by atoms with van der Waals surface area (Å²) in [6.45, 7) is 0.691. The number of carbonyl (C=O) groups excluding carboxylic acids is 1. The number of amides is 1. The first-order valence-electron chi connectivity index (χ1n) is 8.73. The highest BCUT2D eigenvalue weighted by Gasteiger charge is 2.18. The van der Waals surface area contributed by atoms with E-state index in [0.29, 0.717) is 22.7 Å². The Bertz CT molecular complexity index is 993. The van der Waals surface area contributed by atoms with Gasteiger partial charge in [-0.15, -0.1) is 0 Å². The fourth-order valence-electron chi connectivity index (χ4n) is 3.05. The van der Waals surface area contributed by atoms with E-state index in [4.69, 9.17) is 16.0 Å². The summed E-state index contributed by atoms with van der Waals surface area (Å²) in [5.74, 6) is -0.586. The summed E-state index contributed by atoms with van der Waals surface area (Å²) in [6, 6.07) is 14.7. The highest BCUT2D eigenvalue weighted by molar-refractivity contribution is 6.31. The van der Waals surface area contributed by atoms with Gasteiger partial charge >= 0.3 is 5.76 Å². The molecule has 0 aliphatic carbocycles. The number of hydrogen-bond donors (Lipinski definition) is 1. The molecule has 3 rings (SSSR count). The summed E-state index contributed by atoms with van der Waals surface area (Å²) in [4.78, 5) is 26.3. The predicted molar refractivity (Wildman–Crippen MR) is 106 cm³/mol. The van der Waals surface area contributed by atoms with Crippen LogP contribution in [0.1, 0.15) is 18.0 Å². The number of nitrogens with zero attached hydrogens (tertiary/aromatic N) is 2. The molecule has 0 aliphatic heterocycles. The molecular weight excluding hydrogens is 366 g/mol. The van der Waals surface area contributed by atoms with Gasteiger partial charge in [-0.3, -0.25) is 9.36 Å². The lowest BCUT2D eigenvalue weighted by Crippen LogP contribution is -2.35. The lowest BCUT2D eigenvalue weighted by Gasteiger charge is -2.26. The number of aryl methyl sites for hydroxylation is 1. The molecule has 0 radical (unpaired) electrons. The van der Waals surface area contributed by atoms with Crippen LogP contribution in [0.25, 0.3) is 11.1 Å². The van der Waals surface area contributed by atoms with E-state index in [9.17, 15) is 9.59 Å². The van der Waals surface area contributed by atoms with Gasteiger partial charge in [-0.25, -0.2) is 4.79 Å². The molecule has 1 heterocycles. The molecule has 0 spiro atoms. The minimum atomic E-state index is -0.453. The van der Waals surface area contributed by atoms with Crippen LogP contribution >= 0.6 is 11.6 Å². The Balaban J connectivity index is 1.62. The van der Waals surface area contributed by atoms with E-state index in [1.165, 1.54) is 4.57 Å². The number of para-hydroxylation sites is 2. The SMILES string of the molecule is CN(C)[C@@H](CNC(=O)CCn1c(=O)oc2ccccc21)c1ccccc1Cl. The average Bonchev–Trinajstić information content (AvgIpc) is 2.96. The van der Waals surface area contributed by atoms with Crippen LogP contribution in [0.2, 0.25) is 5.02 Å². The molecule has 1 aromatic heterocycles. The minimum absolute atomic E-state index is 0.0415. The summed E-state index contributed by atoms with van der Waals surface area (Å²) >= 11 is 6.29. The van der Waals surface area contributed by atoms with E-state index >= 15 is 0 Å². The van der Waals surface area contributed by atoms with E-state index in [1.807, 2.05) is 49.3 Å². The van der Waals surface area contributed by atoms with Gasteiger partial charge in [0, 0.05) is 24.5 Å². The smallest absolute Gasteiger partial charge is 0.408 e. The summed E-state index contributed by atoms with van der Waals surface area (Å²) < 4.78 is 6.66. The highest BCUT2D eigenvalue weighted by Crippen LogP contribution is 2.25. The molecule has 2 aromatic carbocycles. The van der Waals surface area contributed by atoms with Crippen LogP contribution in [-0.4, -0.2) is 36.0 Å². The molecule has 6 nitrogen and oxygen atoms in total. The standard InChI is InChI=1S/C20H22ClN3O3/c1-23(2)17(14-7-3-4-8-15(14)21)13-22-19(25)11-12-24-16-9-5-6-10-18(16)27-20(24)26/h3-10,17H,11-13H2,1-2H3,(H,22,25)/t17-/m0/s1. The van der Waals surface area contributed by atoms with Gasteiger partial charge in [-0.2, -0.15) is 0 Å². The first-order chi connectivity index (χ1) is 13.0. The molecule has 1 atom stereocenters. The van der Waals surface area contributed by atoms with Crippen molar-refractivity contribution >= 4 is 28.6 Å². The van der Waals surface area contributed by atoms with Gasteiger partial charge < -0.3 is 14.6 Å². The Morgan fingerprint density at radius 3 is 2.63 bits per heavy atom. The van der Waals surface area contributed by atoms with Crippen LogP contribution in [0, 0.1) is 0 Å². The van der Waals surface area contributed by atoms with Gasteiger partial charge in [0.05, 0.1) is 11.6 Å². The number of aromatic nitrogens is 1. The first-order valence-corrected chi connectivity index (χ1v) is 9.11. The van der Waals surface area contributed by atoms with Crippen molar-refractivity contribution in [2.45, 2.75) is 19.0 Å². The van der Waals surface area contributed by atoms with E-state index in [0.717, 1.165) is 5.56 Å². The maximum Gasteiger partial charge on any atom is 0.419 e. The van der Waals surface area contributed by atoms with Gasteiger partial charge in [0.1, 0.15) is 0 Å². The Morgan fingerprint density at radius 1 is 1.19 bits per heavy atom. The van der Waals surface area contributed by atoms with Crippen LogP contribution in [0.3, 0.4) is 0 Å². The number of fused-ring (bicyclic) bond motifs is 1. The maximum atomic E-state index is 12.3. The number of likely N-dealkylation sites (N-methyl/N-ethyl adjacent to an activating group) is 1. The van der Waals surface area contributed by atoms with Crippen LogP contribution in [0.4, 0.5) is 0 Å². The van der Waals surface area contributed by atoms with Crippen molar-refractivity contribution in [2.75, 3.05) is 20.6 Å². The quantitative estimate of drug-likeness (QED) is 0.676. The molecule has 0 saturated heterocycles. The van der Waals surface area contributed by atoms with Crippen molar-refractivity contribution in [3.05, 3.63) is 69.7 Å². The lowest BCUT2D eigenvalue weighted by atomic mass is 10.1. The van der Waals surface area contributed by atoms with Crippen LogP contribution < -0.4 is 11.1 Å². The molecule has 0 fully saturated rings. The summed E-state index contributed by atoms with van der Waals surface area (Å²) in [6.07, 6.45) is 0.187. The number of benzene rings is 2. The van der Waals surface area contributed by atoms with Crippen molar-refractivity contribution < 1.29 is 9.21 Å². The van der Waals surface area contributed by atoms with Gasteiger partial charge in [0.25, 0.3) is 0 Å². The molecule has 0 saturated carbocycles. The Hall–Kier alpha value is -2.57. The van der Waals surface area contributed by atoms with Crippen LogP contribution in [0.5, 0.6) is 0 Å². The second-order valence-electron chi connectivity index (χ2n) is 6.54. The predicted octanol–water partition coefficient (Wildman–Crippen LogP) is 3.06. The molecule has 1 amide bonds. The van der Waals surface area contributed by atoms with Gasteiger partial charge in [-0.1, -0.05) is 41.9 Å². The molecule has 0 aliphatic rings. The molecule has 3 aromatic rings. The monoisotopic (exact) mass is 387 g/mol. The molecule has 27 heavy (non-hydrogen) atoms. The fourth-order valence-corrected chi connectivity index (χ4v) is 3.32. The minimum Gasteiger partial charge on any atom is -0.408 e. The second kappa shape index (κ2) is 8.41. The third-order valence-electron chi connectivity index (χ3n) is 4.52. The van der Waals surface area contributed by atoms with Crippen LogP contribution in [0.15, 0.2) is 57.7 Å². The Labute approximate surface area is 162 Å². The van der Waals surface area contributed by atoms with Crippen molar-refractivity contribution in [1.82, 2.24) is 14.8 Å². The molecule has 7 heteroatoms. The first kappa shape index (κ1) is 19.2. The number of rotatable bonds is 7. The zero-order valence-corrected chi connectivity index (χ0v) is 16.1. The Kier molecular flexibility index (Phi) is 5.98. The third-order valence-corrected chi connectivity index (χ3v) is 4.86. The van der Waals surface area contributed by atoms with Crippen molar-refractivity contribution in [1.29, 1.82) is 0 Å². The van der Waals surface area contributed by atoms with E-state index in [-0.39, 0.29) is 24.9 Å². The number of hydrogen-bond acceptors (Lipinski definition) is 4. The van der Waals surface area contributed by atoms with Crippen LogP contribution in [-0.2, 0) is 11.3 Å². The third kappa shape index (κ3) is 4.40. The molecular formula is C20H22ClN3O3. The topological polar surface area (TPSA) is 67.5 Å². The van der Waals surface area contributed by atoms with E-state index < -0.39 is 5.76 Å². The number of halogens is 1. The summed E-state index contributed by atoms with van der Waals surface area (Å²) in [5.41, 5.74) is 2.17. The maximum absolute atomic E-state index is 12.3. The molecule has 0 bridgehead atoms. The van der Waals surface area contributed by atoms with Crippen molar-refractivity contribution in [3.8, 4) is 0 Å². The van der Waals surface area contributed by atoms with Crippen molar-refractivity contribution in [2.24, 2.45) is 0 Å². The number of nitrogens with one attached hydrogen (secondary N) is 1. The lowest BCUT2D eigenvalue weighted by molar-refractivity contribution is -0.121. The Morgan fingerprint density at radius 2 is 1.89 bits per heavy atom. The van der Waals surface area contributed by atoms with Gasteiger partial charge in [0.2, 0.25) is 5.91 Å². The fraction of sp³-hybridized carbons (Fsp3) is 0.300. The summed E-state index contributed by atoms with van der Waals surface area (Å²) in [5, 5.41) is 3.60. The number of oxazole rings is 1.